The van der Waals surface area contributed by atoms with Gasteiger partial charge in [-0.15, -0.1) is 0 Å². The quantitative estimate of drug-likeness (QED) is 0.610. The Balaban J connectivity index is 1.43. The molecule has 1 aromatic heterocycles. The second-order valence-electron chi connectivity index (χ2n) is 6.96. The fourth-order valence-electron chi connectivity index (χ4n) is 3.78. The van der Waals surface area contributed by atoms with Crippen LogP contribution in [0.25, 0.3) is 11.0 Å². The minimum atomic E-state index is -0.235. The van der Waals surface area contributed by atoms with Gasteiger partial charge in [-0.3, -0.25) is 9.59 Å². The lowest BCUT2D eigenvalue weighted by molar-refractivity contribution is 0.0969. The summed E-state index contributed by atoms with van der Waals surface area (Å²) >= 11 is 6.35. The summed E-state index contributed by atoms with van der Waals surface area (Å²) in [5, 5.41) is 0.464. The number of Topliss-reactive ketones (excluding diaryl/α,β-unsaturated/α-hetero) is 1. The van der Waals surface area contributed by atoms with Crippen LogP contribution in [0.3, 0.4) is 0 Å². The fourth-order valence-corrected chi connectivity index (χ4v) is 4.14. The van der Waals surface area contributed by atoms with E-state index in [0.29, 0.717) is 30.0 Å². The summed E-state index contributed by atoms with van der Waals surface area (Å²) < 4.78 is 5.30. The summed E-state index contributed by atoms with van der Waals surface area (Å²) in [5.41, 5.74) is 1.91. The van der Waals surface area contributed by atoms with Gasteiger partial charge < -0.3 is 9.32 Å². The van der Waals surface area contributed by atoms with Crippen molar-refractivity contribution in [1.82, 2.24) is 4.90 Å². The molecule has 0 aliphatic carbocycles. The molecule has 1 saturated heterocycles. The van der Waals surface area contributed by atoms with Crippen molar-refractivity contribution < 1.29 is 9.21 Å². The van der Waals surface area contributed by atoms with Crippen molar-refractivity contribution in [3.05, 3.63) is 81.2 Å². The summed E-state index contributed by atoms with van der Waals surface area (Å²) in [6.45, 7) is 2.65. The number of fused-ring (bicyclic) bond motifs is 1. The van der Waals surface area contributed by atoms with Gasteiger partial charge in [0, 0.05) is 31.1 Å². The maximum Gasteiger partial charge on any atom is 0.194 e. The van der Waals surface area contributed by atoms with Crippen molar-refractivity contribution in [3.63, 3.8) is 0 Å². The number of carbonyl (C=O) groups is 1. The lowest BCUT2D eigenvalue weighted by Gasteiger charge is -2.16. The molecule has 0 bridgehead atoms. The number of ketones is 1. The van der Waals surface area contributed by atoms with E-state index in [1.54, 1.807) is 12.1 Å². The van der Waals surface area contributed by atoms with Gasteiger partial charge in [0.2, 0.25) is 0 Å². The molecular formula is C22H20ClNO3. The summed E-state index contributed by atoms with van der Waals surface area (Å²) in [5.74, 6) is 0.475. The third kappa shape index (κ3) is 3.68. The van der Waals surface area contributed by atoms with E-state index in [1.165, 1.54) is 17.9 Å². The second kappa shape index (κ2) is 7.67. The van der Waals surface area contributed by atoms with Gasteiger partial charge in [0.15, 0.2) is 11.2 Å². The molecule has 1 unspecified atom stereocenters. The van der Waals surface area contributed by atoms with Gasteiger partial charge in [0.25, 0.3) is 0 Å². The van der Waals surface area contributed by atoms with Gasteiger partial charge in [-0.05, 0) is 36.6 Å². The molecule has 0 saturated carbocycles. The van der Waals surface area contributed by atoms with Crippen LogP contribution in [-0.4, -0.2) is 30.3 Å². The van der Waals surface area contributed by atoms with Crippen molar-refractivity contribution >= 4 is 28.4 Å². The number of halogens is 1. The average Bonchev–Trinajstić information content (AvgIpc) is 3.16. The Morgan fingerprint density at radius 3 is 2.78 bits per heavy atom. The molecule has 138 valence electrons. The first kappa shape index (κ1) is 18.0. The fraction of sp³-hybridized carbons (Fsp3) is 0.273. The number of benzene rings is 2. The molecular weight excluding hydrogens is 362 g/mol. The Bertz CT molecular complexity index is 1030. The van der Waals surface area contributed by atoms with Crippen molar-refractivity contribution in [3.8, 4) is 0 Å². The first-order chi connectivity index (χ1) is 13.1. The first-order valence-electron chi connectivity index (χ1n) is 9.14. The first-order valence-corrected chi connectivity index (χ1v) is 9.52. The van der Waals surface area contributed by atoms with E-state index < -0.39 is 0 Å². The van der Waals surface area contributed by atoms with Crippen LogP contribution in [-0.2, 0) is 0 Å². The zero-order valence-electron chi connectivity index (χ0n) is 14.9. The van der Waals surface area contributed by atoms with Crippen molar-refractivity contribution in [2.45, 2.75) is 18.8 Å². The largest absolute Gasteiger partial charge is 0.464 e. The Kier molecular flexibility index (Phi) is 5.10. The third-order valence-electron chi connectivity index (χ3n) is 5.26. The Morgan fingerprint density at radius 1 is 1.15 bits per heavy atom. The zero-order chi connectivity index (χ0) is 18.8. The van der Waals surface area contributed by atoms with Gasteiger partial charge in [0.1, 0.15) is 5.58 Å². The van der Waals surface area contributed by atoms with E-state index >= 15 is 0 Å². The highest BCUT2D eigenvalue weighted by atomic mass is 35.5. The molecule has 4 rings (SSSR count). The smallest absolute Gasteiger partial charge is 0.194 e. The second-order valence-corrected chi connectivity index (χ2v) is 7.33. The monoisotopic (exact) mass is 381 g/mol. The number of likely N-dealkylation sites (tertiary alicyclic amines) is 1. The van der Waals surface area contributed by atoms with Crippen molar-refractivity contribution in [2.75, 3.05) is 19.6 Å². The minimum absolute atomic E-state index is 0.0479. The molecule has 5 heteroatoms. The summed E-state index contributed by atoms with van der Waals surface area (Å²) in [6, 6.07) is 15.1. The maximum absolute atomic E-state index is 12.7. The number of carbonyl (C=O) groups excluding carboxylic acids is 1. The summed E-state index contributed by atoms with van der Waals surface area (Å²) in [6.07, 6.45) is 2.82. The Labute approximate surface area is 162 Å². The van der Waals surface area contributed by atoms with Crippen LogP contribution in [0.4, 0.5) is 0 Å². The lowest BCUT2D eigenvalue weighted by Crippen LogP contribution is -2.23. The van der Waals surface area contributed by atoms with E-state index in [0.717, 1.165) is 19.5 Å². The highest BCUT2D eigenvalue weighted by Gasteiger charge is 2.24. The predicted octanol–water partition coefficient (Wildman–Crippen LogP) is 4.51. The van der Waals surface area contributed by atoms with Crippen LogP contribution in [0.15, 0.2) is 64.0 Å². The average molecular weight is 382 g/mol. The number of hydrogen-bond acceptors (Lipinski definition) is 4. The number of nitrogens with zero attached hydrogens (tertiary/aromatic N) is 1. The number of hydrogen-bond donors (Lipinski definition) is 0. The number of rotatable bonds is 5. The van der Waals surface area contributed by atoms with Crippen LogP contribution >= 0.6 is 11.6 Å². The summed E-state index contributed by atoms with van der Waals surface area (Å²) in [4.78, 5) is 27.1. The van der Waals surface area contributed by atoms with Crippen LogP contribution in [0.1, 0.15) is 34.7 Å². The van der Waals surface area contributed by atoms with Crippen LogP contribution in [0, 0.1) is 0 Å². The molecule has 2 aromatic carbocycles. The van der Waals surface area contributed by atoms with E-state index in [-0.39, 0.29) is 21.6 Å². The van der Waals surface area contributed by atoms with Crippen molar-refractivity contribution in [2.24, 2.45) is 0 Å². The highest BCUT2D eigenvalue weighted by molar-refractivity contribution is 6.38. The molecule has 4 nitrogen and oxygen atoms in total. The van der Waals surface area contributed by atoms with Crippen LogP contribution in [0.2, 0.25) is 5.02 Å². The third-order valence-corrected chi connectivity index (χ3v) is 5.66. The van der Waals surface area contributed by atoms with E-state index in [4.69, 9.17) is 16.0 Å². The van der Waals surface area contributed by atoms with Crippen LogP contribution < -0.4 is 5.43 Å². The molecule has 0 amide bonds. The zero-order valence-corrected chi connectivity index (χ0v) is 15.6. The van der Waals surface area contributed by atoms with E-state index in [2.05, 4.69) is 29.2 Å². The van der Waals surface area contributed by atoms with Crippen molar-refractivity contribution in [1.29, 1.82) is 0 Å². The molecule has 27 heavy (non-hydrogen) atoms. The normalized spacial score (nSPS) is 17.4. The molecule has 3 aromatic rings. The Hall–Kier alpha value is -2.43. The molecule has 1 fully saturated rings. The van der Waals surface area contributed by atoms with Gasteiger partial charge in [-0.1, -0.05) is 41.9 Å². The topological polar surface area (TPSA) is 50.5 Å². The molecule has 1 aliphatic rings. The molecule has 2 heterocycles. The van der Waals surface area contributed by atoms with Gasteiger partial charge in [0.05, 0.1) is 16.7 Å². The Morgan fingerprint density at radius 2 is 1.96 bits per heavy atom. The molecule has 0 N–H and O–H groups in total. The van der Waals surface area contributed by atoms with Crippen LogP contribution in [0.5, 0.6) is 0 Å². The predicted molar refractivity (Wildman–Crippen MR) is 107 cm³/mol. The summed E-state index contributed by atoms with van der Waals surface area (Å²) in [7, 11) is 0. The van der Waals surface area contributed by atoms with Gasteiger partial charge in [-0.25, -0.2) is 0 Å². The standard InChI is InChI=1S/C22H20ClNO3/c23-22-17(6-7-20-21(22)19(26)10-13-27-20)18(25)9-12-24-11-8-16(14-24)15-4-2-1-3-5-15/h1-7,10,13,16H,8-9,11-12,14H2. The molecule has 0 radical (unpaired) electrons. The molecule has 1 aliphatic heterocycles. The van der Waals surface area contributed by atoms with E-state index in [1.807, 2.05) is 6.07 Å². The molecule has 0 spiro atoms. The SMILES string of the molecule is O=C(CCN1CCC(c2ccccc2)C1)c1ccc2occc(=O)c2c1Cl. The van der Waals surface area contributed by atoms with E-state index in [9.17, 15) is 9.59 Å². The highest BCUT2D eigenvalue weighted by Crippen LogP contribution is 2.28. The minimum Gasteiger partial charge on any atom is -0.464 e. The van der Waals surface area contributed by atoms with Gasteiger partial charge in [-0.2, -0.15) is 0 Å². The lowest BCUT2D eigenvalue weighted by atomic mass is 9.99. The maximum atomic E-state index is 12.7. The molecule has 1 atom stereocenters. The van der Waals surface area contributed by atoms with Gasteiger partial charge >= 0.3 is 0 Å².